The molecule has 7 heteroatoms. The number of nitrogens with zero attached hydrogens (tertiary/aromatic N) is 1. The summed E-state index contributed by atoms with van der Waals surface area (Å²) < 4.78 is 33.0. The smallest absolute Gasteiger partial charge is 0.246 e. The summed E-state index contributed by atoms with van der Waals surface area (Å²) in [5.41, 5.74) is 0.785. The van der Waals surface area contributed by atoms with E-state index in [0.29, 0.717) is 11.5 Å². The van der Waals surface area contributed by atoms with E-state index in [1.165, 1.54) is 11.0 Å². The average molecular weight is 355 g/mol. The molecule has 0 spiro atoms. The molecule has 1 aromatic rings. The van der Waals surface area contributed by atoms with Gasteiger partial charge >= 0.3 is 0 Å². The highest BCUT2D eigenvalue weighted by molar-refractivity contribution is 7.90. The van der Waals surface area contributed by atoms with Gasteiger partial charge in [-0.15, -0.1) is 0 Å². The van der Waals surface area contributed by atoms with Crippen LogP contribution in [0.15, 0.2) is 24.3 Å². The minimum Gasteiger partial charge on any atom is -0.493 e. The molecule has 0 aliphatic carbocycles. The van der Waals surface area contributed by atoms with Gasteiger partial charge in [-0.25, -0.2) is 8.42 Å². The van der Waals surface area contributed by atoms with Gasteiger partial charge in [0.25, 0.3) is 0 Å². The zero-order chi connectivity index (χ0) is 18.3. The molecule has 0 saturated heterocycles. The van der Waals surface area contributed by atoms with E-state index in [1.54, 1.807) is 38.5 Å². The lowest BCUT2D eigenvalue weighted by Crippen LogP contribution is -2.39. The van der Waals surface area contributed by atoms with Gasteiger partial charge in [0.1, 0.15) is 9.84 Å². The first kappa shape index (κ1) is 20.0. The molecule has 0 unspecified atom stereocenters. The number of rotatable bonds is 8. The number of amides is 1. The molecule has 0 fully saturated rings. The van der Waals surface area contributed by atoms with Crippen molar-refractivity contribution in [2.45, 2.75) is 19.9 Å². The summed E-state index contributed by atoms with van der Waals surface area (Å²) in [4.78, 5) is 13.9. The minimum atomic E-state index is -3.12. The van der Waals surface area contributed by atoms with Gasteiger partial charge in [0.15, 0.2) is 11.5 Å². The molecule has 0 aliphatic heterocycles. The van der Waals surface area contributed by atoms with Crippen LogP contribution in [0.5, 0.6) is 11.5 Å². The SMILES string of the molecule is COc1ccc(C=CC(=O)N(CCS(C)(=O)=O)C(C)C)cc1OC. The summed E-state index contributed by atoms with van der Waals surface area (Å²) in [6.07, 6.45) is 4.26. The Balaban J connectivity index is 2.88. The van der Waals surface area contributed by atoms with E-state index >= 15 is 0 Å². The molecule has 1 amide bonds. The Morgan fingerprint density at radius 3 is 2.33 bits per heavy atom. The maximum absolute atomic E-state index is 12.3. The molecule has 1 aromatic carbocycles. The highest BCUT2D eigenvalue weighted by Crippen LogP contribution is 2.27. The van der Waals surface area contributed by atoms with E-state index in [4.69, 9.17) is 9.47 Å². The van der Waals surface area contributed by atoms with Crippen molar-refractivity contribution in [1.29, 1.82) is 0 Å². The summed E-state index contributed by atoms with van der Waals surface area (Å²) in [5.74, 6) is 0.896. The molecule has 0 N–H and O–H groups in total. The maximum Gasteiger partial charge on any atom is 0.246 e. The molecule has 6 nitrogen and oxygen atoms in total. The lowest BCUT2D eigenvalue weighted by Gasteiger charge is -2.25. The van der Waals surface area contributed by atoms with Crippen LogP contribution in [0.25, 0.3) is 6.08 Å². The zero-order valence-corrected chi connectivity index (χ0v) is 15.6. The molecule has 134 valence electrons. The van der Waals surface area contributed by atoms with Crippen LogP contribution in [0, 0.1) is 0 Å². The van der Waals surface area contributed by atoms with Crippen molar-refractivity contribution >= 4 is 21.8 Å². The van der Waals surface area contributed by atoms with Gasteiger partial charge in [0.05, 0.1) is 20.0 Å². The second kappa shape index (κ2) is 8.73. The second-order valence-electron chi connectivity index (χ2n) is 5.70. The summed E-state index contributed by atoms with van der Waals surface area (Å²) >= 11 is 0. The number of benzene rings is 1. The number of ether oxygens (including phenoxy) is 2. The largest absolute Gasteiger partial charge is 0.493 e. The first-order chi connectivity index (χ1) is 11.2. The Labute approximate surface area is 144 Å². The number of hydrogen-bond acceptors (Lipinski definition) is 5. The van der Waals surface area contributed by atoms with Crippen LogP contribution >= 0.6 is 0 Å². The van der Waals surface area contributed by atoms with Crippen molar-refractivity contribution in [3.05, 3.63) is 29.8 Å². The molecular formula is C17H25NO5S. The maximum atomic E-state index is 12.3. The van der Waals surface area contributed by atoms with Crippen LogP contribution in [-0.2, 0) is 14.6 Å². The van der Waals surface area contributed by atoms with E-state index in [2.05, 4.69) is 0 Å². The fourth-order valence-corrected chi connectivity index (χ4v) is 2.64. The van der Waals surface area contributed by atoms with Gasteiger partial charge in [0.2, 0.25) is 5.91 Å². The lowest BCUT2D eigenvalue weighted by atomic mass is 10.2. The van der Waals surface area contributed by atoms with Gasteiger partial charge < -0.3 is 14.4 Å². The van der Waals surface area contributed by atoms with Gasteiger partial charge in [-0.05, 0) is 37.6 Å². The third kappa shape index (κ3) is 6.23. The highest BCUT2D eigenvalue weighted by atomic mass is 32.2. The van der Waals surface area contributed by atoms with Crippen molar-refractivity contribution in [1.82, 2.24) is 4.90 Å². The Bertz CT molecular complexity index is 695. The van der Waals surface area contributed by atoms with Crippen molar-refractivity contribution in [2.24, 2.45) is 0 Å². The molecule has 0 aliphatic rings. The quantitative estimate of drug-likeness (QED) is 0.667. The van der Waals surface area contributed by atoms with Gasteiger partial charge in [-0.2, -0.15) is 0 Å². The van der Waals surface area contributed by atoms with Crippen molar-refractivity contribution in [3.63, 3.8) is 0 Å². The molecule has 0 atom stereocenters. The lowest BCUT2D eigenvalue weighted by molar-refractivity contribution is -0.127. The van der Waals surface area contributed by atoms with E-state index in [1.807, 2.05) is 13.8 Å². The Hall–Kier alpha value is -2.02. The summed E-state index contributed by atoms with van der Waals surface area (Å²) in [6, 6.07) is 5.24. The van der Waals surface area contributed by atoms with Gasteiger partial charge in [-0.1, -0.05) is 6.07 Å². The molecule has 1 rings (SSSR count). The summed E-state index contributed by atoms with van der Waals surface area (Å²) in [6.45, 7) is 3.88. The number of carbonyl (C=O) groups excluding carboxylic acids is 1. The fourth-order valence-electron chi connectivity index (χ4n) is 2.11. The van der Waals surface area contributed by atoms with Crippen LogP contribution in [0.4, 0.5) is 0 Å². The average Bonchev–Trinajstić information content (AvgIpc) is 2.51. The molecule has 0 saturated carbocycles. The van der Waals surface area contributed by atoms with Crippen molar-refractivity contribution in [2.75, 3.05) is 32.8 Å². The number of methoxy groups -OCH3 is 2. The molecule has 0 heterocycles. The monoisotopic (exact) mass is 355 g/mol. The van der Waals surface area contributed by atoms with Gasteiger partial charge in [-0.3, -0.25) is 4.79 Å². The first-order valence-electron chi connectivity index (χ1n) is 7.56. The van der Waals surface area contributed by atoms with E-state index in [9.17, 15) is 13.2 Å². The fraction of sp³-hybridized carbons (Fsp3) is 0.471. The van der Waals surface area contributed by atoms with Crippen molar-refractivity contribution in [3.8, 4) is 11.5 Å². The standard InChI is InChI=1S/C17H25NO5S/c1-13(2)18(10-11-24(5,20)21)17(19)9-7-14-6-8-15(22-3)16(12-14)23-4/h6-9,12-13H,10-11H2,1-5H3. The van der Waals surface area contributed by atoms with E-state index in [-0.39, 0.29) is 24.2 Å². The van der Waals surface area contributed by atoms with Crippen LogP contribution in [0.2, 0.25) is 0 Å². The van der Waals surface area contributed by atoms with Gasteiger partial charge in [0, 0.05) is 24.9 Å². The summed E-state index contributed by atoms with van der Waals surface area (Å²) in [7, 11) is -0.0199. The molecule has 0 bridgehead atoms. The molecule has 0 aromatic heterocycles. The predicted octanol–water partition coefficient (Wildman–Crippen LogP) is 2.00. The molecular weight excluding hydrogens is 330 g/mol. The Morgan fingerprint density at radius 1 is 1.21 bits per heavy atom. The van der Waals surface area contributed by atoms with Crippen molar-refractivity contribution < 1.29 is 22.7 Å². The zero-order valence-electron chi connectivity index (χ0n) is 14.8. The molecule has 24 heavy (non-hydrogen) atoms. The number of hydrogen-bond donors (Lipinski definition) is 0. The highest BCUT2D eigenvalue weighted by Gasteiger charge is 2.16. The van der Waals surface area contributed by atoms with Crippen LogP contribution in [0.3, 0.4) is 0 Å². The minimum absolute atomic E-state index is 0.0544. The second-order valence-corrected chi connectivity index (χ2v) is 7.96. The summed E-state index contributed by atoms with van der Waals surface area (Å²) in [5, 5.41) is 0. The first-order valence-corrected chi connectivity index (χ1v) is 9.62. The van der Waals surface area contributed by atoms with E-state index < -0.39 is 9.84 Å². The Morgan fingerprint density at radius 2 is 1.83 bits per heavy atom. The normalized spacial score (nSPS) is 11.8. The Kier molecular flexibility index (Phi) is 7.28. The topological polar surface area (TPSA) is 72.9 Å². The number of carbonyl (C=O) groups is 1. The third-order valence-corrected chi connectivity index (χ3v) is 4.36. The third-order valence-electron chi connectivity index (χ3n) is 3.44. The van der Waals surface area contributed by atoms with E-state index in [0.717, 1.165) is 11.8 Å². The van der Waals surface area contributed by atoms with Crippen LogP contribution in [0.1, 0.15) is 19.4 Å². The predicted molar refractivity (Wildman–Crippen MR) is 95.1 cm³/mol. The number of sulfone groups is 1. The van der Waals surface area contributed by atoms with Crippen LogP contribution < -0.4 is 9.47 Å². The van der Waals surface area contributed by atoms with Crippen LogP contribution in [-0.4, -0.2) is 58.0 Å². The molecule has 0 radical (unpaired) electrons.